The van der Waals surface area contributed by atoms with Gasteiger partial charge in [-0.1, -0.05) is 30.4 Å². The van der Waals surface area contributed by atoms with Crippen LogP contribution in [0.1, 0.15) is 5.56 Å². The Morgan fingerprint density at radius 1 is 1.33 bits per heavy atom. The minimum Gasteiger partial charge on any atom is -0.354 e. The number of alkyl halides is 1. The molecule has 0 aromatic heterocycles. The van der Waals surface area contributed by atoms with Gasteiger partial charge in [-0.05, 0) is 11.6 Å². The summed E-state index contributed by atoms with van der Waals surface area (Å²) >= 11 is 5.80. The maximum atomic E-state index is 5.80. The smallest absolute Gasteiger partial charge is 0.0932 e. The fraction of sp³-hybridized carbons (Fsp3) is 0.200. The van der Waals surface area contributed by atoms with E-state index >= 15 is 0 Å². The van der Waals surface area contributed by atoms with Gasteiger partial charge in [0.05, 0.1) is 6.00 Å². The zero-order valence-electron chi connectivity index (χ0n) is 6.70. The summed E-state index contributed by atoms with van der Waals surface area (Å²) in [6, 6.07) is 8.84. The summed E-state index contributed by atoms with van der Waals surface area (Å²) in [5, 5.41) is 0. The molecular formula is C10H10ClN. The Hall–Kier alpha value is -0.950. The van der Waals surface area contributed by atoms with Crippen LogP contribution in [0.4, 0.5) is 5.69 Å². The van der Waals surface area contributed by atoms with E-state index in [4.69, 9.17) is 11.6 Å². The van der Waals surface area contributed by atoms with E-state index in [-0.39, 0.29) is 0 Å². The maximum absolute atomic E-state index is 5.80. The summed E-state index contributed by atoms with van der Waals surface area (Å²) in [7, 11) is 0. The number of anilines is 1. The molecule has 0 atom stereocenters. The van der Waals surface area contributed by atoms with Crippen molar-refractivity contribution in [3.63, 3.8) is 0 Å². The monoisotopic (exact) mass is 179 g/mol. The minimum absolute atomic E-state index is 0.557. The van der Waals surface area contributed by atoms with Crippen molar-refractivity contribution in [2.75, 3.05) is 17.4 Å². The van der Waals surface area contributed by atoms with Gasteiger partial charge >= 0.3 is 0 Å². The Balaban J connectivity index is 2.45. The zero-order chi connectivity index (χ0) is 8.39. The molecule has 0 spiro atoms. The highest BCUT2D eigenvalue weighted by molar-refractivity contribution is 6.19. The lowest BCUT2D eigenvalue weighted by Crippen LogP contribution is -2.23. The van der Waals surface area contributed by atoms with Gasteiger partial charge in [0.25, 0.3) is 0 Å². The van der Waals surface area contributed by atoms with Gasteiger partial charge in [0.2, 0.25) is 0 Å². The number of hydrogen-bond acceptors (Lipinski definition) is 1. The zero-order valence-corrected chi connectivity index (χ0v) is 7.46. The fourth-order valence-corrected chi connectivity index (χ4v) is 1.66. The molecule has 0 saturated carbocycles. The van der Waals surface area contributed by atoms with Crippen LogP contribution in [-0.4, -0.2) is 12.5 Å². The molecule has 1 aromatic rings. The summed E-state index contributed by atoms with van der Waals surface area (Å²) in [6.45, 7) is 0.917. The number of fused-ring (bicyclic) bond motifs is 1. The van der Waals surface area contributed by atoms with Gasteiger partial charge in [-0.2, -0.15) is 0 Å². The number of para-hydroxylation sites is 1. The number of halogens is 1. The molecule has 2 rings (SSSR count). The Bertz CT molecular complexity index is 306. The standard InChI is InChI=1S/C10H10ClN/c11-8-12-7-3-5-9-4-1-2-6-10(9)12/h1-6H,7-8H2. The Morgan fingerprint density at radius 2 is 2.17 bits per heavy atom. The van der Waals surface area contributed by atoms with Crippen LogP contribution in [0.15, 0.2) is 30.3 Å². The number of benzene rings is 1. The van der Waals surface area contributed by atoms with Crippen molar-refractivity contribution in [2.24, 2.45) is 0 Å². The average molecular weight is 180 g/mol. The van der Waals surface area contributed by atoms with Crippen LogP contribution in [0.5, 0.6) is 0 Å². The highest BCUT2D eigenvalue weighted by Crippen LogP contribution is 2.25. The van der Waals surface area contributed by atoms with Crippen molar-refractivity contribution in [1.82, 2.24) is 0 Å². The van der Waals surface area contributed by atoms with E-state index in [0.717, 1.165) is 6.54 Å². The van der Waals surface area contributed by atoms with Crippen LogP contribution < -0.4 is 4.90 Å². The fourth-order valence-electron chi connectivity index (χ4n) is 1.43. The molecule has 0 amide bonds. The highest BCUT2D eigenvalue weighted by atomic mass is 35.5. The van der Waals surface area contributed by atoms with Gasteiger partial charge in [0.1, 0.15) is 0 Å². The normalized spacial score (nSPS) is 14.6. The van der Waals surface area contributed by atoms with E-state index in [1.807, 2.05) is 12.1 Å². The summed E-state index contributed by atoms with van der Waals surface area (Å²) in [4.78, 5) is 2.14. The molecule has 1 nitrogen and oxygen atoms in total. The second-order valence-electron chi connectivity index (χ2n) is 2.80. The van der Waals surface area contributed by atoms with E-state index in [0.29, 0.717) is 6.00 Å². The molecule has 0 radical (unpaired) electrons. The summed E-state index contributed by atoms with van der Waals surface area (Å²) in [5.74, 6) is 0. The Kier molecular flexibility index (Phi) is 2.05. The molecule has 1 heterocycles. The molecule has 12 heavy (non-hydrogen) atoms. The van der Waals surface area contributed by atoms with Crippen molar-refractivity contribution >= 4 is 23.4 Å². The maximum Gasteiger partial charge on any atom is 0.0932 e. The number of rotatable bonds is 1. The van der Waals surface area contributed by atoms with Crippen LogP contribution >= 0.6 is 11.6 Å². The van der Waals surface area contributed by atoms with Gasteiger partial charge in [0, 0.05) is 12.2 Å². The van der Waals surface area contributed by atoms with Gasteiger partial charge < -0.3 is 4.90 Å². The molecule has 0 aliphatic carbocycles. The molecule has 1 aliphatic rings. The topological polar surface area (TPSA) is 3.24 Å². The first kappa shape index (κ1) is 7.69. The first-order valence-electron chi connectivity index (χ1n) is 3.98. The Labute approximate surface area is 77.3 Å². The van der Waals surface area contributed by atoms with Gasteiger partial charge in [-0.25, -0.2) is 0 Å². The van der Waals surface area contributed by atoms with Crippen LogP contribution in [0.3, 0.4) is 0 Å². The largest absolute Gasteiger partial charge is 0.354 e. The van der Waals surface area contributed by atoms with Crippen LogP contribution in [-0.2, 0) is 0 Å². The molecule has 2 heteroatoms. The molecule has 0 bridgehead atoms. The summed E-state index contributed by atoms with van der Waals surface area (Å²) in [6.07, 6.45) is 4.27. The first-order chi connectivity index (χ1) is 5.92. The number of hydrogen-bond donors (Lipinski definition) is 0. The van der Waals surface area contributed by atoms with Crippen LogP contribution in [0, 0.1) is 0 Å². The predicted molar refractivity (Wildman–Crippen MR) is 53.5 cm³/mol. The lowest BCUT2D eigenvalue weighted by molar-refractivity contribution is 0.988. The van der Waals surface area contributed by atoms with E-state index in [1.165, 1.54) is 11.3 Å². The summed E-state index contributed by atoms with van der Waals surface area (Å²) < 4.78 is 0. The quantitative estimate of drug-likeness (QED) is 0.473. The average Bonchev–Trinajstić information content (AvgIpc) is 2.17. The molecule has 1 aromatic carbocycles. The summed E-state index contributed by atoms with van der Waals surface area (Å²) in [5.41, 5.74) is 2.49. The van der Waals surface area contributed by atoms with E-state index in [2.05, 4.69) is 29.2 Å². The van der Waals surface area contributed by atoms with E-state index in [9.17, 15) is 0 Å². The van der Waals surface area contributed by atoms with Crippen molar-refractivity contribution in [3.05, 3.63) is 35.9 Å². The van der Waals surface area contributed by atoms with Crippen molar-refractivity contribution < 1.29 is 0 Å². The van der Waals surface area contributed by atoms with Crippen LogP contribution in [0.25, 0.3) is 6.08 Å². The second kappa shape index (κ2) is 3.20. The van der Waals surface area contributed by atoms with E-state index in [1.54, 1.807) is 0 Å². The SMILES string of the molecule is ClCN1CC=Cc2ccccc21. The minimum atomic E-state index is 0.557. The molecule has 0 N–H and O–H groups in total. The Morgan fingerprint density at radius 3 is 3.00 bits per heavy atom. The van der Waals surface area contributed by atoms with Crippen LogP contribution in [0.2, 0.25) is 0 Å². The van der Waals surface area contributed by atoms with Gasteiger partial charge in [-0.15, -0.1) is 11.6 Å². The number of nitrogens with zero attached hydrogens (tertiary/aromatic N) is 1. The van der Waals surface area contributed by atoms with E-state index < -0.39 is 0 Å². The van der Waals surface area contributed by atoms with Gasteiger partial charge in [-0.3, -0.25) is 0 Å². The lowest BCUT2D eigenvalue weighted by Gasteiger charge is -2.25. The molecule has 0 unspecified atom stereocenters. The van der Waals surface area contributed by atoms with Crippen molar-refractivity contribution in [2.45, 2.75) is 0 Å². The molecule has 62 valence electrons. The molecular weight excluding hydrogens is 170 g/mol. The third-order valence-corrected chi connectivity index (χ3v) is 2.33. The third kappa shape index (κ3) is 1.21. The lowest BCUT2D eigenvalue weighted by atomic mass is 10.1. The van der Waals surface area contributed by atoms with Crippen molar-refractivity contribution in [3.8, 4) is 0 Å². The third-order valence-electron chi connectivity index (χ3n) is 2.04. The molecule has 0 saturated heterocycles. The molecule has 1 aliphatic heterocycles. The van der Waals surface area contributed by atoms with Crippen molar-refractivity contribution in [1.29, 1.82) is 0 Å². The molecule has 0 fully saturated rings. The van der Waals surface area contributed by atoms with Gasteiger partial charge in [0.15, 0.2) is 0 Å². The highest BCUT2D eigenvalue weighted by Gasteiger charge is 2.09. The second-order valence-corrected chi connectivity index (χ2v) is 3.04. The first-order valence-corrected chi connectivity index (χ1v) is 4.52. The predicted octanol–water partition coefficient (Wildman–Crippen LogP) is 2.72.